The fourth-order valence-corrected chi connectivity index (χ4v) is 2.64. The van der Waals surface area contributed by atoms with Crippen LogP contribution in [0.25, 0.3) is 0 Å². The molecule has 1 aromatic rings. The first-order chi connectivity index (χ1) is 7.57. The van der Waals surface area contributed by atoms with Crippen LogP contribution < -0.4 is 0 Å². The smallest absolute Gasteiger partial charge is 0.133 e. The number of aliphatic hydroxyl groups is 1. The number of carbonyl (C=O) groups excluding carboxylic acids is 1. The van der Waals surface area contributed by atoms with Gasteiger partial charge in [-0.2, -0.15) is 0 Å². The highest BCUT2D eigenvalue weighted by atomic mass is 79.9. The Labute approximate surface area is 104 Å². The van der Waals surface area contributed by atoms with E-state index in [1.54, 1.807) is 0 Å². The number of carbonyl (C=O) groups is 1. The van der Waals surface area contributed by atoms with Gasteiger partial charge in [0, 0.05) is 23.7 Å². The van der Waals surface area contributed by atoms with Crippen molar-refractivity contribution in [2.45, 2.75) is 37.7 Å². The molecular formula is C13H15BrO2. The number of rotatable bonds is 2. The largest absolute Gasteiger partial charge is 0.390 e. The van der Waals surface area contributed by atoms with E-state index in [1.807, 2.05) is 24.3 Å². The lowest BCUT2D eigenvalue weighted by Gasteiger charge is -2.31. The number of halogens is 1. The fraction of sp³-hybridized carbons (Fsp3) is 0.462. The van der Waals surface area contributed by atoms with Crippen LogP contribution in [-0.2, 0) is 11.2 Å². The molecule has 0 bridgehead atoms. The van der Waals surface area contributed by atoms with Crippen molar-refractivity contribution >= 4 is 21.7 Å². The van der Waals surface area contributed by atoms with Crippen LogP contribution in [0, 0.1) is 0 Å². The summed E-state index contributed by atoms with van der Waals surface area (Å²) < 4.78 is 1.03. The zero-order chi connectivity index (χ0) is 11.6. The normalized spacial score (nSPS) is 19.8. The van der Waals surface area contributed by atoms with Crippen LogP contribution in [0.4, 0.5) is 0 Å². The second-order valence-electron chi connectivity index (χ2n) is 4.57. The number of hydrogen-bond acceptors (Lipinski definition) is 2. The van der Waals surface area contributed by atoms with Gasteiger partial charge in [-0.25, -0.2) is 0 Å². The highest BCUT2D eigenvalue weighted by Gasteiger charge is 2.32. The molecule has 16 heavy (non-hydrogen) atoms. The van der Waals surface area contributed by atoms with Gasteiger partial charge < -0.3 is 5.11 Å². The molecule has 0 radical (unpaired) electrons. The minimum absolute atomic E-state index is 0.277. The summed E-state index contributed by atoms with van der Waals surface area (Å²) in [6, 6.07) is 7.97. The summed E-state index contributed by atoms with van der Waals surface area (Å²) in [5.41, 5.74) is 0.431. The van der Waals surface area contributed by atoms with E-state index in [2.05, 4.69) is 15.9 Å². The van der Waals surface area contributed by atoms with Gasteiger partial charge in [-0.05, 0) is 30.5 Å². The zero-order valence-electron chi connectivity index (χ0n) is 9.08. The minimum Gasteiger partial charge on any atom is -0.390 e. The van der Waals surface area contributed by atoms with Crippen molar-refractivity contribution in [3.05, 3.63) is 34.3 Å². The second kappa shape index (κ2) is 4.68. The molecule has 1 aliphatic carbocycles. The van der Waals surface area contributed by atoms with E-state index in [0.29, 0.717) is 32.1 Å². The Bertz CT molecular complexity index is 391. The summed E-state index contributed by atoms with van der Waals surface area (Å²) in [5, 5.41) is 10.4. The molecule has 86 valence electrons. The lowest BCUT2D eigenvalue weighted by Crippen LogP contribution is -2.36. The lowest BCUT2D eigenvalue weighted by atomic mass is 9.80. The maximum absolute atomic E-state index is 11.1. The monoisotopic (exact) mass is 282 g/mol. The standard InChI is InChI=1S/C13H15BrO2/c14-11-3-1-2-10(8-11)9-13(16)6-4-12(15)5-7-13/h1-3,8,16H,4-7,9H2. The molecule has 1 N–H and O–H groups in total. The van der Waals surface area contributed by atoms with Crippen LogP contribution in [0.3, 0.4) is 0 Å². The van der Waals surface area contributed by atoms with Crippen LogP contribution in [0.2, 0.25) is 0 Å². The van der Waals surface area contributed by atoms with Crippen LogP contribution in [0.5, 0.6) is 0 Å². The van der Waals surface area contributed by atoms with E-state index in [0.717, 1.165) is 10.0 Å². The van der Waals surface area contributed by atoms with E-state index >= 15 is 0 Å². The van der Waals surface area contributed by atoms with E-state index in [4.69, 9.17) is 0 Å². The highest BCUT2D eigenvalue weighted by molar-refractivity contribution is 9.10. The number of benzene rings is 1. The average molecular weight is 283 g/mol. The molecule has 0 saturated heterocycles. The van der Waals surface area contributed by atoms with Crippen LogP contribution in [-0.4, -0.2) is 16.5 Å². The third kappa shape index (κ3) is 2.92. The molecule has 1 saturated carbocycles. The van der Waals surface area contributed by atoms with Gasteiger partial charge in [0.25, 0.3) is 0 Å². The average Bonchev–Trinajstić information content (AvgIpc) is 2.23. The Morgan fingerprint density at radius 2 is 2.00 bits per heavy atom. The van der Waals surface area contributed by atoms with Crippen molar-refractivity contribution in [2.24, 2.45) is 0 Å². The van der Waals surface area contributed by atoms with Crippen LogP contribution in [0.15, 0.2) is 28.7 Å². The Morgan fingerprint density at radius 1 is 1.31 bits per heavy atom. The number of ketones is 1. The summed E-state index contributed by atoms with van der Waals surface area (Å²) in [6.07, 6.45) is 2.87. The molecule has 2 nitrogen and oxygen atoms in total. The summed E-state index contributed by atoms with van der Waals surface area (Å²) in [5.74, 6) is 0.277. The van der Waals surface area contributed by atoms with Gasteiger partial charge in [0.1, 0.15) is 5.78 Å². The maximum Gasteiger partial charge on any atom is 0.133 e. The Kier molecular flexibility index (Phi) is 3.45. The minimum atomic E-state index is -0.686. The van der Waals surface area contributed by atoms with Crippen molar-refractivity contribution in [3.8, 4) is 0 Å². The molecule has 2 rings (SSSR count). The molecule has 0 heterocycles. The number of hydrogen-bond donors (Lipinski definition) is 1. The molecule has 0 spiro atoms. The first-order valence-corrected chi connectivity index (χ1v) is 6.35. The quantitative estimate of drug-likeness (QED) is 0.906. The Balaban J connectivity index is 2.06. The van der Waals surface area contributed by atoms with Crippen molar-refractivity contribution in [2.75, 3.05) is 0 Å². The molecule has 3 heteroatoms. The summed E-state index contributed by atoms with van der Waals surface area (Å²) >= 11 is 3.42. The molecule has 0 aliphatic heterocycles. The first-order valence-electron chi connectivity index (χ1n) is 5.56. The predicted molar refractivity (Wildman–Crippen MR) is 66.3 cm³/mol. The van der Waals surface area contributed by atoms with Crippen LogP contribution >= 0.6 is 15.9 Å². The fourth-order valence-electron chi connectivity index (χ4n) is 2.20. The van der Waals surface area contributed by atoms with Crippen molar-refractivity contribution in [1.29, 1.82) is 0 Å². The van der Waals surface area contributed by atoms with Gasteiger partial charge in [0.2, 0.25) is 0 Å². The van der Waals surface area contributed by atoms with Crippen molar-refractivity contribution in [3.63, 3.8) is 0 Å². The van der Waals surface area contributed by atoms with E-state index in [-0.39, 0.29) is 5.78 Å². The molecule has 0 atom stereocenters. The molecule has 1 aliphatic rings. The van der Waals surface area contributed by atoms with Gasteiger partial charge in [-0.15, -0.1) is 0 Å². The van der Waals surface area contributed by atoms with Gasteiger partial charge in [-0.1, -0.05) is 28.1 Å². The van der Waals surface area contributed by atoms with Gasteiger partial charge in [0.15, 0.2) is 0 Å². The zero-order valence-corrected chi connectivity index (χ0v) is 10.7. The van der Waals surface area contributed by atoms with E-state index in [9.17, 15) is 9.90 Å². The Morgan fingerprint density at radius 3 is 2.62 bits per heavy atom. The third-order valence-electron chi connectivity index (χ3n) is 3.16. The molecule has 0 aromatic heterocycles. The summed E-state index contributed by atoms with van der Waals surface area (Å²) in [4.78, 5) is 11.1. The molecule has 0 unspecified atom stereocenters. The first kappa shape index (κ1) is 11.8. The van der Waals surface area contributed by atoms with Gasteiger partial charge in [-0.3, -0.25) is 4.79 Å². The predicted octanol–water partition coefficient (Wildman–Crippen LogP) is 2.87. The molecular weight excluding hydrogens is 268 g/mol. The summed E-state index contributed by atoms with van der Waals surface area (Å²) in [6.45, 7) is 0. The van der Waals surface area contributed by atoms with Gasteiger partial charge in [0.05, 0.1) is 5.60 Å². The topological polar surface area (TPSA) is 37.3 Å². The third-order valence-corrected chi connectivity index (χ3v) is 3.65. The van der Waals surface area contributed by atoms with E-state index < -0.39 is 5.60 Å². The van der Waals surface area contributed by atoms with Crippen LogP contribution in [0.1, 0.15) is 31.2 Å². The van der Waals surface area contributed by atoms with Crippen molar-refractivity contribution in [1.82, 2.24) is 0 Å². The number of Topliss-reactive ketones (excluding diaryl/α,β-unsaturated/α-hetero) is 1. The Hall–Kier alpha value is -0.670. The highest BCUT2D eigenvalue weighted by Crippen LogP contribution is 2.30. The van der Waals surface area contributed by atoms with Gasteiger partial charge >= 0.3 is 0 Å². The second-order valence-corrected chi connectivity index (χ2v) is 5.49. The maximum atomic E-state index is 11.1. The van der Waals surface area contributed by atoms with Crippen molar-refractivity contribution < 1.29 is 9.90 Å². The lowest BCUT2D eigenvalue weighted by molar-refractivity contribution is -0.125. The molecule has 1 aromatic carbocycles. The SMILES string of the molecule is O=C1CCC(O)(Cc2cccc(Br)c2)CC1. The molecule has 0 amide bonds. The summed E-state index contributed by atoms with van der Waals surface area (Å²) in [7, 11) is 0. The molecule has 1 fully saturated rings. The van der Waals surface area contributed by atoms with E-state index in [1.165, 1.54) is 0 Å².